The van der Waals surface area contributed by atoms with Crippen molar-refractivity contribution in [2.45, 2.75) is 56.7 Å². The lowest BCUT2D eigenvalue weighted by Crippen LogP contribution is -2.60. The molecule has 3 aliphatic rings. The van der Waals surface area contributed by atoms with Gasteiger partial charge in [-0.3, -0.25) is 19.8 Å². The van der Waals surface area contributed by atoms with E-state index in [-0.39, 0.29) is 23.1 Å². The Labute approximate surface area is 202 Å². The molecule has 0 unspecified atom stereocenters. The number of carbonyl (C=O) groups is 1. The molecule has 3 fully saturated rings. The number of halogens is 3. The summed E-state index contributed by atoms with van der Waals surface area (Å²) in [4.78, 5) is 27.9. The second-order valence-electron chi connectivity index (χ2n) is 9.82. The van der Waals surface area contributed by atoms with E-state index < -0.39 is 22.4 Å². The molecular formula is C24H33F3N4O4. The quantitative estimate of drug-likeness (QED) is 0.472. The number of nitro groups is 1. The maximum Gasteiger partial charge on any atom is 0.416 e. The summed E-state index contributed by atoms with van der Waals surface area (Å²) in [5.74, 6) is -0.227. The van der Waals surface area contributed by atoms with E-state index in [1.54, 1.807) is 4.90 Å². The molecule has 1 aromatic carbocycles. The van der Waals surface area contributed by atoms with Crippen molar-refractivity contribution in [3.8, 4) is 0 Å². The number of piperidine rings is 1. The fourth-order valence-corrected chi connectivity index (χ4v) is 5.74. The molecule has 2 saturated heterocycles. The SMILES string of the molecule is O=C(NCC1(N2CCOCC2)CCCCC1)C1CCN(c2ccc(C(F)(F)F)cc2[N+](=O)[O-])CC1. The van der Waals surface area contributed by atoms with E-state index in [2.05, 4.69) is 10.2 Å². The number of alkyl halides is 3. The van der Waals surface area contributed by atoms with Crippen molar-refractivity contribution >= 4 is 17.3 Å². The number of nitro benzene ring substituents is 1. The maximum atomic E-state index is 13.0. The third-order valence-electron chi connectivity index (χ3n) is 7.76. The molecule has 0 bridgehead atoms. The predicted octanol–water partition coefficient (Wildman–Crippen LogP) is 3.98. The van der Waals surface area contributed by atoms with Crippen LogP contribution in [0.1, 0.15) is 50.5 Å². The summed E-state index contributed by atoms with van der Waals surface area (Å²) >= 11 is 0. The minimum absolute atomic E-state index is 0.00947. The molecule has 1 N–H and O–H groups in total. The van der Waals surface area contributed by atoms with Crippen LogP contribution in [0, 0.1) is 16.0 Å². The van der Waals surface area contributed by atoms with Crippen molar-refractivity contribution in [2.24, 2.45) is 5.92 Å². The summed E-state index contributed by atoms with van der Waals surface area (Å²) in [6.45, 7) is 4.53. The topological polar surface area (TPSA) is 88.0 Å². The van der Waals surface area contributed by atoms with E-state index >= 15 is 0 Å². The highest BCUT2D eigenvalue weighted by Crippen LogP contribution is 2.38. The van der Waals surface area contributed by atoms with Crippen LogP contribution in [0.3, 0.4) is 0 Å². The largest absolute Gasteiger partial charge is 0.416 e. The number of amides is 1. The zero-order chi connectivity index (χ0) is 25.1. The highest BCUT2D eigenvalue weighted by molar-refractivity contribution is 5.79. The molecule has 4 rings (SSSR count). The standard InChI is InChI=1S/C24H33F3N4O4/c25-24(26,27)19-4-5-20(21(16-19)31(33)34)29-10-6-18(7-11-29)22(32)28-17-23(8-2-1-3-9-23)30-12-14-35-15-13-30/h4-5,16,18H,1-3,6-15,17H2,(H,28,32). The van der Waals surface area contributed by atoms with Crippen LogP contribution in [0.4, 0.5) is 24.5 Å². The average Bonchev–Trinajstić information content (AvgIpc) is 2.87. The van der Waals surface area contributed by atoms with Gasteiger partial charge < -0.3 is 15.0 Å². The minimum atomic E-state index is -4.65. The lowest BCUT2D eigenvalue weighted by Gasteiger charge is -2.48. The molecule has 11 heteroatoms. The molecule has 194 valence electrons. The van der Waals surface area contributed by atoms with Gasteiger partial charge in [-0.15, -0.1) is 0 Å². The molecule has 0 atom stereocenters. The second kappa shape index (κ2) is 10.7. The monoisotopic (exact) mass is 498 g/mol. The normalized spacial score (nSPS) is 22.1. The molecule has 1 aromatic rings. The van der Waals surface area contributed by atoms with Crippen LogP contribution < -0.4 is 10.2 Å². The van der Waals surface area contributed by atoms with E-state index in [0.717, 1.165) is 50.9 Å². The van der Waals surface area contributed by atoms with Gasteiger partial charge >= 0.3 is 6.18 Å². The Balaban J connectivity index is 1.36. The third-order valence-corrected chi connectivity index (χ3v) is 7.76. The van der Waals surface area contributed by atoms with Gasteiger partial charge in [-0.25, -0.2) is 0 Å². The highest BCUT2D eigenvalue weighted by Gasteiger charge is 2.40. The van der Waals surface area contributed by atoms with E-state index in [1.807, 2.05) is 0 Å². The average molecular weight is 499 g/mol. The minimum Gasteiger partial charge on any atom is -0.379 e. The number of hydrogen-bond acceptors (Lipinski definition) is 6. The molecule has 8 nitrogen and oxygen atoms in total. The summed E-state index contributed by atoms with van der Waals surface area (Å²) in [7, 11) is 0. The number of rotatable bonds is 6. The fourth-order valence-electron chi connectivity index (χ4n) is 5.74. The molecule has 2 aliphatic heterocycles. The van der Waals surface area contributed by atoms with E-state index in [4.69, 9.17) is 4.74 Å². The number of anilines is 1. The maximum absolute atomic E-state index is 13.0. The van der Waals surface area contributed by atoms with Gasteiger partial charge in [-0.05, 0) is 37.8 Å². The Morgan fingerprint density at radius 3 is 2.37 bits per heavy atom. The van der Waals surface area contributed by atoms with Crippen molar-refractivity contribution in [3.05, 3.63) is 33.9 Å². The smallest absolute Gasteiger partial charge is 0.379 e. The number of nitrogens with zero attached hydrogens (tertiary/aromatic N) is 3. The molecule has 0 radical (unpaired) electrons. The molecule has 1 amide bonds. The predicted molar refractivity (Wildman–Crippen MR) is 124 cm³/mol. The van der Waals surface area contributed by atoms with Gasteiger partial charge in [0.15, 0.2) is 0 Å². The number of hydrogen-bond donors (Lipinski definition) is 1. The number of ether oxygens (including phenoxy) is 1. The van der Waals surface area contributed by atoms with E-state index in [9.17, 15) is 28.1 Å². The third kappa shape index (κ3) is 5.88. The number of benzene rings is 1. The number of nitrogens with one attached hydrogen (secondary N) is 1. The Bertz CT molecular complexity index is 907. The van der Waals surface area contributed by atoms with Crippen LogP contribution in [-0.2, 0) is 15.7 Å². The first-order valence-corrected chi connectivity index (χ1v) is 12.4. The van der Waals surface area contributed by atoms with E-state index in [0.29, 0.717) is 51.8 Å². The van der Waals surface area contributed by atoms with Gasteiger partial charge in [0, 0.05) is 50.2 Å². The molecule has 1 saturated carbocycles. The van der Waals surface area contributed by atoms with Crippen LogP contribution in [0.2, 0.25) is 0 Å². The first-order valence-electron chi connectivity index (χ1n) is 12.4. The van der Waals surface area contributed by atoms with Crippen molar-refractivity contribution in [1.29, 1.82) is 0 Å². The van der Waals surface area contributed by atoms with Gasteiger partial charge in [0.2, 0.25) is 5.91 Å². The number of morpholine rings is 1. The molecular weight excluding hydrogens is 465 g/mol. The fraction of sp³-hybridized carbons (Fsp3) is 0.708. The zero-order valence-corrected chi connectivity index (χ0v) is 19.8. The first-order chi connectivity index (χ1) is 16.7. The summed E-state index contributed by atoms with van der Waals surface area (Å²) in [5.41, 5.74) is -1.47. The van der Waals surface area contributed by atoms with Gasteiger partial charge in [-0.1, -0.05) is 19.3 Å². The molecule has 35 heavy (non-hydrogen) atoms. The first kappa shape index (κ1) is 25.7. The number of carbonyl (C=O) groups excluding carboxylic acids is 1. The van der Waals surface area contributed by atoms with Crippen LogP contribution >= 0.6 is 0 Å². The molecule has 1 aliphatic carbocycles. The summed E-state index contributed by atoms with van der Waals surface area (Å²) in [6.07, 6.45) is 1.98. The van der Waals surface area contributed by atoms with Crippen LogP contribution in [0.15, 0.2) is 18.2 Å². The van der Waals surface area contributed by atoms with Crippen molar-refractivity contribution in [3.63, 3.8) is 0 Å². The molecule has 0 spiro atoms. The van der Waals surface area contributed by atoms with Gasteiger partial charge in [0.25, 0.3) is 5.69 Å². The Morgan fingerprint density at radius 2 is 1.77 bits per heavy atom. The van der Waals surface area contributed by atoms with Crippen LogP contribution in [-0.4, -0.2) is 67.2 Å². The van der Waals surface area contributed by atoms with Crippen molar-refractivity contribution < 1.29 is 27.6 Å². The van der Waals surface area contributed by atoms with Crippen LogP contribution in [0.5, 0.6) is 0 Å². The van der Waals surface area contributed by atoms with Gasteiger partial charge in [0.1, 0.15) is 5.69 Å². The Kier molecular flexibility index (Phi) is 7.85. The summed E-state index contributed by atoms with van der Waals surface area (Å²) in [5, 5.41) is 14.6. The summed E-state index contributed by atoms with van der Waals surface area (Å²) < 4.78 is 44.5. The van der Waals surface area contributed by atoms with Crippen LogP contribution in [0.25, 0.3) is 0 Å². The second-order valence-corrected chi connectivity index (χ2v) is 9.82. The molecule has 2 heterocycles. The highest BCUT2D eigenvalue weighted by atomic mass is 19.4. The lowest BCUT2D eigenvalue weighted by molar-refractivity contribution is -0.384. The van der Waals surface area contributed by atoms with Crippen molar-refractivity contribution in [2.75, 3.05) is 50.8 Å². The zero-order valence-electron chi connectivity index (χ0n) is 19.8. The van der Waals surface area contributed by atoms with Crippen molar-refractivity contribution in [1.82, 2.24) is 10.2 Å². The Morgan fingerprint density at radius 1 is 1.11 bits per heavy atom. The lowest BCUT2D eigenvalue weighted by atomic mass is 9.79. The summed E-state index contributed by atoms with van der Waals surface area (Å²) in [6, 6.07) is 2.62. The van der Waals surface area contributed by atoms with Gasteiger partial charge in [0.05, 0.1) is 23.7 Å². The van der Waals surface area contributed by atoms with E-state index in [1.165, 1.54) is 6.42 Å². The Hall–Kier alpha value is -2.40. The van der Waals surface area contributed by atoms with Gasteiger partial charge in [-0.2, -0.15) is 13.2 Å². The molecule has 0 aromatic heterocycles.